The summed E-state index contributed by atoms with van der Waals surface area (Å²) >= 11 is 3.44. The number of hydrogen-bond donors (Lipinski definition) is 0. The van der Waals surface area contributed by atoms with Crippen LogP contribution in [0.25, 0.3) is 11.1 Å². The Kier molecular flexibility index (Phi) is 4.81. The van der Waals surface area contributed by atoms with E-state index in [1.807, 2.05) is 25.1 Å². The number of aryl methyl sites for hydroxylation is 2. The van der Waals surface area contributed by atoms with E-state index < -0.39 is 0 Å². The Morgan fingerprint density at radius 1 is 0.833 bits per heavy atom. The lowest BCUT2D eigenvalue weighted by molar-refractivity contribution is 0.0734. The van der Waals surface area contributed by atoms with E-state index in [0.29, 0.717) is 11.3 Å². The lowest BCUT2D eigenvalue weighted by Crippen LogP contribution is -2.08. The Balaban J connectivity index is 1.76. The molecule has 0 unspecified atom stereocenters. The van der Waals surface area contributed by atoms with Crippen molar-refractivity contribution in [1.29, 1.82) is 0 Å². The maximum absolute atomic E-state index is 12.3. The predicted octanol–water partition coefficient (Wildman–Crippen LogP) is 5.95. The van der Waals surface area contributed by atoms with Crippen LogP contribution in [0.5, 0.6) is 5.75 Å². The van der Waals surface area contributed by atoms with E-state index in [-0.39, 0.29) is 5.97 Å². The summed E-state index contributed by atoms with van der Waals surface area (Å²) in [5.41, 5.74) is 5.05. The van der Waals surface area contributed by atoms with E-state index in [1.165, 1.54) is 5.56 Å². The van der Waals surface area contributed by atoms with Crippen LogP contribution >= 0.6 is 15.9 Å². The summed E-state index contributed by atoms with van der Waals surface area (Å²) in [6.07, 6.45) is 0. The number of rotatable bonds is 3. The highest BCUT2D eigenvalue weighted by Crippen LogP contribution is 2.24. The van der Waals surface area contributed by atoms with Crippen LogP contribution in [0.15, 0.2) is 71.2 Å². The fraction of sp³-hybridized carbons (Fsp3) is 0.0952. The van der Waals surface area contributed by atoms with Gasteiger partial charge < -0.3 is 4.74 Å². The second kappa shape index (κ2) is 7.02. The average Bonchev–Trinajstić information content (AvgIpc) is 2.59. The molecule has 0 saturated heterocycles. The minimum atomic E-state index is -0.360. The molecule has 0 amide bonds. The monoisotopic (exact) mass is 380 g/mol. The molecular weight excluding hydrogens is 364 g/mol. The third kappa shape index (κ3) is 3.74. The molecule has 24 heavy (non-hydrogen) atoms. The molecule has 3 heteroatoms. The van der Waals surface area contributed by atoms with Crippen LogP contribution in [-0.4, -0.2) is 5.97 Å². The van der Waals surface area contributed by atoms with E-state index >= 15 is 0 Å². The van der Waals surface area contributed by atoms with Crippen molar-refractivity contribution in [1.82, 2.24) is 0 Å². The normalized spacial score (nSPS) is 10.5. The van der Waals surface area contributed by atoms with Crippen molar-refractivity contribution in [3.8, 4) is 16.9 Å². The molecule has 0 aromatic heterocycles. The summed E-state index contributed by atoms with van der Waals surface area (Å²) in [5, 5.41) is 0. The standard InChI is InChI=1S/C21H17BrO2/c1-14-3-6-16(7-4-14)17-8-10-18(11-9-17)21(23)24-19-12-5-15(2)20(22)13-19/h3-13H,1-2H3. The second-order valence-electron chi connectivity index (χ2n) is 5.74. The van der Waals surface area contributed by atoms with Gasteiger partial charge in [0.25, 0.3) is 0 Å². The first kappa shape index (κ1) is 16.5. The molecule has 0 bridgehead atoms. The minimum Gasteiger partial charge on any atom is -0.423 e. The van der Waals surface area contributed by atoms with Crippen LogP contribution in [0.1, 0.15) is 21.5 Å². The average molecular weight is 381 g/mol. The smallest absolute Gasteiger partial charge is 0.343 e. The fourth-order valence-corrected chi connectivity index (χ4v) is 2.71. The van der Waals surface area contributed by atoms with Crippen molar-refractivity contribution in [2.24, 2.45) is 0 Å². The van der Waals surface area contributed by atoms with Gasteiger partial charge in [0, 0.05) is 4.47 Å². The summed E-state index contributed by atoms with van der Waals surface area (Å²) in [4.78, 5) is 12.3. The molecule has 120 valence electrons. The Hall–Kier alpha value is -2.39. The van der Waals surface area contributed by atoms with Crippen LogP contribution in [0.4, 0.5) is 0 Å². The van der Waals surface area contributed by atoms with Crippen LogP contribution in [0.2, 0.25) is 0 Å². The predicted molar refractivity (Wildman–Crippen MR) is 100 cm³/mol. The molecule has 0 fully saturated rings. The van der Waals surface area contributed by atoms with Gasteiger partial charge in [0.15, 0.2) is 0 Å². The molecular formula is C21H17BrO2. The first-order chi connectivity index (χ1) is 11.5. The summed E-state index contributed by atoms with van der Waals surface area (Å²) < 4.78 is 6.35. The number of halogens is 1. The van der Waals surface area contributed by atoms with Crippen molar-refractivity contribution in [2.75, 3.05) is 0 Å². The zero-order valence-corrected chi connectivity index (χ0v) is 15.1. The van der Waals surface area contributed by atoms with E-state index in [2.05, 4.69) is 47.1 Å². The number of benzene rings is 3. The molecule has 0 aliphatic carbocycles. The van der Waals surface area contributed by atoms with Crippen LogP contribution in [0.3, 0.4) is 0 Å². The van der Waals surface area contributed by atoms with Gasteiger partial charge in [-0.2, -0.15) is 0 Å². The van der Waals surface area contributed by atoms with Gasteiger partial charge in [0.1, 0.15) is 5.75 Å². The number of carbonyl (C=O) groups excluding carboxylic acids is 1. The quantitative estimate of drug-likeness (QED) is 0.414. The van der Waals surface area contributed by atoms with Gasteiger partial charge in [-0.15, -0.1) is 0 Å². The molecule has 0 aliphatic rings. The Morgan fingerprint density at radius 3 is 2.00 bits per heavy atom. The molecule has 0 spiro atoms. The highest BCUT2D eigenvalue weighted by molar-refractivity contribution is 9.10. The molecule has 0 aliphatic heterocycles. The molecule has 0 saturated carbocycles. The lowest BCUT2D eigenvalue weighted by atomic mass is 10.0. The molecule has 3 aromatic rings. The van der Waals surface area contributed by atoms with E-state index in [4.69, 9.17) is 4.74 Å². The third-order valence-corrected chi connectivity index (χ3v) is 4.71. The largest absolute Gasteiger partial charge is 0.423 e. The molecule has 0 heterocycles. The van der Waals surface area contributed by atoms with E-state index in [0.717, 1.165) is 21.2 Å². The van der Waals surface area contributed by atoms with E-state index in [9.17, 15) is 4.79 Å². The van der Waals surface area contributed by atoms with Crippen LogP contribution in [0, 0.1) is 13.8 Å². The van der Waals surface area contributed by atoms with Crippen molar-refractivity contribution >= 4 is 21.9 Å². The summed E-state index contributed by atoms with van der Waals surface area (Å²) in [7, 11) is 0. The van der Waals surface area contributed by atoms with Gasteiger partial charge in [0.05, 0.1) is 5.56 Å². The van der Waals surface area contributed by atoms with Crippen LogP contribution < -0.4 is 4.74 Å². The maximum atomic E-state index is 12.3. The van der Waals surface area contributed by atoms with Crippen LogP contribution in [-0.2, 0) is 0 Å². The van der Waals surface area contributed by atoms with E-state index in [1.54, 1.807) is 24.3 Å². The Labute approximate surface area is 150 Å². The lowest BCUT2D eigenvalue weighted by Gasteiger charge is -2.07. The zero-order valence-electron chi connectivity index (χ0n) is 13.5. The molecule has 2 nitrogen and oxygen atoms in total. The second-order valence-corrected chi connectivity index (χ2v) is 6.60. The van der Waals surface area contributed by atoms with Gasteiger partial charge in [-0.3, -0.25) is 0 Å². The molecule has 0 N–H and O–H groups in total. The minimum absolute atomic E-state index is 0.360. The molecule has 3 aromatic carbocycles. The van der Waals surface area contributed by atoms with Crippen molar-refractivity contribution in [2.45, 2.75) is 13.8 Å². The number of esters is 1. The maximum Gasteiger partial charge on any atom is 0.343 e. The van der Waals surface area contributed by atoms with Crippen molar-refractivity contribution < 1.29 is 9.53 Å². The highest BCUT2D eigenvalue weighted by atomic mass is 79.9. The first-order valence-electron chi connectivity index (χ1n) is 7.68. The summed E-state index contributed by atoms with van der Waals surface area (Å²) in [5.74, 6) is 0.168. The number of hydrogen-bond acceptors (Lipinski definition) is 2. The van der Waals surface area contributed by atoms with Gasteiger partial charge in [0.2, 0.25) is 0 Å². The summed E-state index contributed by atoms with van der Waals surface area (Å²) in [6, 6.07) is 21.3. The zero-order chi connectivity index (χ0) is 17.1. The number of carbonyl (C=O) groups is 1. The molecule has 3 rings (SSSR count). The first-order valence-corrected chi connectivity index (χ1v) is 8.48. The third-order valence-electron chi connectivity index (χ3n) is 3.86. The van der Waals surface area contributed by atoms with Gasteiger partial charge in [-0.25, -0.2) is 4.79 Å². The molecule has 0 radical (unpaired) electrons. The summed E-state index contributed by atoms with van der Waals surface area (Å²) in [6.45, 7) is 4.05. The Bertz CT molecular complexity index is 865. The van der Waals surface area contributed by atoms with Crippen molar-refractivity contribution in [3.05, 3.63) is 87.9 Å². The van der Waals surface area contributed by atoms with Gasteiger partial charge in [-0.05, 0) is 54.8 Å². The van der Waals surface area contributed by atoms with Crippen molar-refractivity contribution in [3.63, 3.8) is 0 Å². The Morgan fingerprint density at radius 2 is 1.42 bits per heavy atom. The SMILES string of the molecule is Cc1ccc(-c2ccc(C(=O)Oc3ccc(C)c(Br)c3)cc2)cc1. The fourth-order valence-electron chi connectivity index (χ4n) is 2.35. The topological polar surface area (TPSA) is 26.3 Å². The van der Waals surface area contributed by atoms with Gasteiger partial charge in [-0.1, -0.05) is 64.0 Å². The number of ether oxygens (including phenoxy) is 1. The van der Waals surface area contributed by atoms with Gasteiger partial charge >= 0.3 is 5.97 Å². The molecule has 0 atom stereocenters. The highest BCUT2D eigenvalue weighted by Gasteiger charge is 2.10.